The quantitative estimate of drug-likeness (QED) is 0.290. The molecule has 0 radical (unpaired) electrons. The third-order valence-corrected chi connectivity index (χ3v) is 11.2. The number of halogens is 1. The van der Waals surface area contributed by atoms with Gasteiger partial charge in [0.1, 0.15) is 0 Å². The summed E-state index contributed by atoms with van der Waals surface area (Å²) in [5, 5.41) is 0. The van der Waals surface area contributed by atoms with Crippen molar-refractivity contribution in [3.05, 3.63) is 0 Å². The Labute approximate surface area is 199 Å². The lowest BCUT2D eigenvalue weighted by Crippen LogP contribution is -2.62. The summed E-state index contributed by atoms with van der Waals surface area (Å²) < 4.78 is 25.5. The average Bonchev–Trinajstić information content (AvgIpc) is 3.49. The van der Waals surface area contributed by atoms with E-state index in [1.165, 1.54) is 44.3 Å². The Balaban J connectivity index is 0.00000106. The van der Waals surface area contributed by atoms with Gasteiger partial charge in [0.05, 0.1) is 26.4 Å². The van der Waals surface area contributed by atoms with Crippen LogP contribution < -0.4 is 0 Å². The van der Waals surface area contributed by atoms with Crippen molar-refractivity contribution in [3.63, 3.8) is 0 Å². The van der Waals surface area contributed by atoms with E-state index < -0.39 is 0 Å². The minimum Gasteiger partial charge on any atom is -0.347 e. The van der Waals surface area contributed by atoms with Gasteiger partial charge in [0, 0.05) is 29.4 Å². The number of fused-ring (bicyclic) bond motifs is 4. The average molecular weight is 553 g/mol. The predicted octanol–water partition coefficient (Wildman–Crippen LogP) is 6.60. The maximum Gasteiger partial charge on any atom is 0.174 e. The topological polar surface area (TPSA) is 36.9 Å². The summed E-state index contributed by atoms with van der Waals surface area (Å²) >= 11 is 2.43. The fourth-order valence-electron chi connectivity index (χ4n) is 8.09. The van der Waals surface area contributed by atoms with Crippen molar-refractivity contribution in [1.29, 1.82) is 0 Å². The molecule has 5 aliphatic rings. The van der Waals surface area contributed by atoms with E-state index in [4.69, 9.17) is 18.9 Å². The van der Waals surface area contributed by atoms with Gasteiger partial charge in [-0.25, -0.2) is 0 Å². The smallest absolute Gasteiger partial charge is 0.174 e. The first-order valence-electron chi connectivity index (χ1n) is 12.3. The molecule has 5 unspecified atom stereocenters. The SMILES string of the molecule is CC.CC1(CCCSI)C2CCC3(C)C(CCC34OCCO4)C2CCC12OCCO2. The molecule has 30 heavy (non-hydrogen) atoms. The van der Waals surface area contributed by atoms with E-state index >= 15 is 0 Å². The summed E-state index contributed by atoms with van der Waals surface area (Å²) in [6.07, 6.45) is 9.57. The van der Waals surface area contributed by atoms with Crippen LogP contribution in [0.3, 0.4) is 0 Å². The lowest BCUT2D eigenvalue weighted by atomic mass is 9.47. The molecule has 2 heterocycles. The van der Waals surface area contributed by atoms with Crippen molar-refractivity contribution >= 4 is 30.1 Å². The first kappa shape index (κ1) is 24.1. The number of hydrogen-bond acceptors (Lipinski definition) is 5. The number of rotatable bonds is 4. The van der Waals surface area contributed by atoms with Crippen LogP contribution in [-0.4, -0.2) is 43.8 Å². The van der Waals surface area contributed by atoms with Crippen LogP contribution >= 0.6 is 30.1 Å². The molecule has 0 aromatic carbocycles. The first-order chi connectivity index (χ1) is 14.5. The minimum absolute atomic E-state index is 0.118. The van der Waals surface area contributed by atoms with Crippen molar-refractivity contribution in [1.82, 2.24) is 0 Å². The van der Waals surface area contributed by atoms with Gasteiger partial charge in [-0.2, -0.15) is 0 Å². The Morgan fingerprint density at radius 3 is 2.00 bits per heavy atom. The third kappa shape index (κ3) is 3.44. The van der Waals surface area contributed by atoms with Crippen LogP contribution in [0.15, 0.2) is 0 Å². The molecule has 0 aromatic rings. The maximum atomic E-state index is 6.43. The third-order valence-electron chi connectivity index (χ3n) is 9.40. The van der Waals surface area contributed by atoms with E-state index in [0.29, 0.717) is 11.8 Å². The van der Waals surface area contributed by atoms with Crippen molar-refractivity contribution < 1.29 is 18.9 Å². The molecule has 3 saturated carbocycles. The highest BCUT2D eigenvalue weighted by Gasteiger charge is 2.69. The van der Waals surface area contributed by atoms with Gasteiger partial charge in [0.25, 0.3) is 0 Å². The van der Waals surface area contributed by atoms with Gasteiger partial charge in [-0.1, -0.05) is 36.6 Å². The van der Waals surface area contributed by atoms with Gasteiger partial charge >= 0.3 is 0 Å². The highest BCUT2D eigenvalue weighted by molar-refractivity contribution is 14.2. The van der Waals surface area contributed by atoms with Crippen LogP contribution in [0.25, 0.3) is 0 Å². The molecule has 6 heteroatoms. The Morgan fingerprint density at radius 2 is 1.37 bits per heavy atom. The standard InChI is InChI=1S/C22H35IO4S.C2H6/c1-19(7-3-15-28-23)17-5-8-20(2)18(6-10-22(20)26-13-14-27-22)16(17)4-9-21(19)24-11-12-25-21;1-2/h16-18H,3-15H2,1-2H3;1-2H3. The molecule has 0 aromatic heterocycles. The zero-order valence-corrected chi connectivity index (χ0v) is 22.3. The van der Waals surface area contributed by atoms with Gasteiger partial charge in [0.2, 0.25) is 0 Å². The van der Waals surface area contributed by atoms with Gasteiger partial charge < -0.3 is 18.9 Å². The van der Waals surface area contributed by atoms with Crippen LogP contribution in [0, 0.1) is 28.6 Å². The van der Waals surface area contributed by atoms with Crippen LogP contribution in [0.1, 0.15) is 79.1 Å². The summed E-state index contributed by atoms with van der Waals surface area (Å²) in [4.78, 5) is 0. The second-order valence-electron chi connectivity index (χ2n) is 10.1. The molecule has 0 N–H and O–H groups in total. The van der Waals surface area contributed by atoms with Crippen molar-refractivity contribution in [2.45, 2.75) is 90.6 Å². The second-order valence-corrected chi connectivity index (χ2v) is 12.6. The maximum absolute atomic E-state index is 6.43. The Morgan fingerprint density at radius 1 is 0.800 bits per heavy atom. The predicted molar refractivity (Wildman–Crippen MR) is 131 cm³/mol. The molecule has 3 aliphatic carbocycles. The summed E-state index contributed by atoms with van der Waals surface area (Å²) in [5.41, 5.74) is 0.290. The number of hydrogen-bond donors (Lipinski definition) is 0. The van der Waals surface area contributed by atoms with Crippen LogP contribution in [0.2, 0.25) is 0 Å². The summed E-state index contributed by atoms with van der Waals surface area (Å²) in [6.45, 7) is 12.0. The highest BCUT2D eigenvalue weighted by Crippen LogP contribution is 2.70. The lowest BCUT2D eigenvalue weighted by molar-refractivity contribution is -0.302. The van der Waals surface area contributed by atoms with Gasteiger partial charge in [-0.05, 0) is 77.5 Å². The Bertz CT molecular complexity index is 592. The fraction of sp³-hybridized carbons (Fsp3) is 1.00. The van der Waals surface area contributed by atoms with Crippen molar-refractivity contribution in [2.75, 3.05) is 32.2 Å². The molecule has 5 fully saturated rings. The molecule has 4 nitrogen and oxygen atoms in total. The minimum atomic E-state index is -0.339. The van der Waals surface area contributed by atoms with E-state index in [9.17, 15) is 0 Å². The zero-order valence-electron chi connectivity index (χ0n) is 19.3. The molecule has 5 rings (SSSR count). The fourth-order valence-corrected chi connectivity index (χ4v) is 9.28. The summed E-state index contributed by atoms with van der Waals surface area (Å²) in [5.74, 6) is 2.73. The van der Waals surface area contributed by atoms with E-state index in [1.807, 2.05) is 22.8 Å². The van der Waals surface area contributed by atoms with Gasteiger partial charge in [-0.15, -0.1) is 0 Å². The molecule has 2 aliphatic heterocycles. The largest absolute Gasteiger partial charge is 0.347 e. The molecule has 0 amide bonds. The first-order valence-corrected chi connectivity index (χ1v) is 15.8. The Kier molecular flexibility index (Phi) is 7.44. The van der Waals surface area contributed by atoms with Gasteiger partial charge in [-0.3, -0.25) is 0 Å². The van der Waals surface area contributed by atoms with E-state index in [2.05, 4.69) is 35.1 Å². The molecule has 2 spiro atoms. The second kappa shape index (κ2) is 9.28. The van der Waals surface area contributed by atoms with Crippen LogP contribution in [-0.2, 0) is 18.9 Å². The van der Waals surface area contributed by atoms with E-state index in [1.54, 1.807) is 0 Å². The van der Waals surface area contributed by atoms with E-state index in [-0.39, 0.29) is 22.4 Å². The van der Waals surface area contributed by atoms with Crippen molar-refractivity contribution in [2.24, 2.45) is 28.6 Å². The molecule has 2 saturated heterocycles. The molecule has 174 valence electrons. The normalized spacial score (nSPS) is 43.3. The lowest BCUT2D eigenvalue weighted by Gasteiger charge is -2.62. The molecular weight excluding hydrogens is 511 g/mol. The van der Waals surface area contributed by atoms with Crippen molar-refractivity contribution in [3.8, 4) is 0 Å². The molecule has 0 bridgehead atoms. The Hall–Kier alpha value is 0.920. The molecular formula is C24H41IO4S. The van der Waals surface area contributed by atoms with Gasteiger partial charge in [0.15, 0.2) is 11.6 Å². The van der Waals surface area contributed by atoms with E-state index in [0.717, 1.165) is 45.2 Å². The highest BCUT2D eigenvalue weighted by atomic mass is 127. The number of ether oxygens (including phenoxy) is 4. The molecule has 5 atom stereocenters. The summed E-state index contributed by atoms with van der Waals surface area (Å²) in [6, 6.07) is 0. The zero-order chi connectivity index (χ0) is 21.5. The van der Waals surface area contributed by atoms with Crippen LogP contribution in [0.4, 0.5) is 0 Å². The monoisotopic (exact) mass is 552 g/mol. The summed E-state index contributed by atoms with van der Waals surface area (Å²) in [7, 11) is 1.93. The van der Waals surface area contributed by atoms with Crippen LogP contribution in [0.5, 0.6) is 0 Å².